The number of hydrogen-bond acceptors (Lipinski definition) is 5. The van der Waals surface area contributed by atoms with E-state index >= 15 is 0 Å². The second-order valence-corrected chi connectivity index (χ2v) is 4.10. The van der Waals surface area contributed by atoms with E-state index in [0.29, 0.717) is 24.6 Å². The van der Waals surface area contributed by atoms with Gasteiger partial charge in [0.1, 0.15) is 0 Å². The van der Waals surface area contributed by atoms with Gasteiger partial charge in [-0.15, -0.1) is 10.2 Å². The van der Waals surface area contributed by atoms with Crippen LogP contribution in [0.4, 0.5) is 13.9 Å². The summed E-state index contributed by atoms with van der Waals surface area (Å²) in [6.07, 6.45) is -2.29. The molecule has 78 valence electrons. The van der Waals surface area contributed by atoms with Crippen molar-refractivity contribution in [2.45, 2.75) is 19.0 Å². The van der Waals surface area contributed by atoms with Gasteiger partial charge in [-0.1, -0.05) is 11.3 Å². The Morgan fingerprint density at radius 3 is 2.79 bits per heavy atom. The zero-order valence-electron chi connectivity index (χ0n) is 7.23. The van der Waals surface area contributed by atoms with Crippen molar-refractivity contribution in [1.82, 2.24) is 10.2 Å². The SMILES string of the molecule is O[C@H]1CCN(c2nnc(C(F)F)s2)C1. The molecule has 1 aliphatic heterocycles. The first-order valence-electron chi connectivity index (χ1n) is 4.21. The van der Waals surface area contributed by atoms with Crippen molar-refractivity contribution in [3.05, 3.63) is 5.01 Å². The third-order valence-electron chi connectivity index (χ3n) is 2.05. The Kier molecular flexibility index (Phi) is 2.60. The van der Waals surface area contributed by atoms with Gasteiger partial charge in [-0.2, -0.15) is 0 Å². The molecule has 1 aromatic heterocycles. The van der Waals surface area contributed by atoms with Crippen molar-refractivity contribution in [2.75, 3.05) is 18.0 Å². The van der Waals surface area contributed by atoms with E-state index in [1.807, 2.05) is 0 Å². The lowest BCUT2D eigenvalue weighted by Crippen LogP contribution is -2.20. The Morgan fingerprint density at radius 1 is 1.50 bits per heavy atom. The van der Waals surface area contributed by atoms with E-state index in [1.54, 1.807) is 4.90 Å². The molecule has 0 amide bonds. The number of β-amino-alcohol motifs (C(OH)–C–C–N with tert-alkyl or cyclic N) is 1. The molecule has 7 heteroatoms. The molecule has 2 heterocycles. The zero-order chi connectivity index (χ0) is 10.1. The maximum atomic E-state index is 12.2. The van der Waals surface area contributed by atoms with Crippen LogP contribution in [0.5, 0.6) is 0 Å². The number of alkyl halides is 2. The summed E-state index contributed by atoms with van der Waals surface area (Å²) >= 11 is 0.883. The molecular formula is C7H9F2N3OS. The first kappa shape index (κ1) is 9.72. The highest BCUT2D eigenvalue weighted by molar-refractivity contribution is 7.15. The first-order valence-corrected chi connectivity index (χ1v) is 5.03. The standard InChI is InChI=1S/C7H9F2N3OS/c8-5(9)6-10-11-7(14-6)12-2-1-4(13)3-12/h4-5,13H,1-3H2/t4-/m0/s1. The lowest BCUT2D eigenvalue weighted by molar-refractivity contribution is 0.150. The van der Waals surface area contributed by atoms with Crippen LogP contribution in [0.1, 0.15) is 17.9 Å². The van der Waals surface area contributed by atoms with Crippen LogP contribution < -0.4 is 4.90 Å². The molecule has 0 radical (unpaired) electrons. The van der Waals surface area contributed by atoms with Gasteiger partial charge in [0.25, 0.3) is 6.43 Å². The minimum atomic E-state index is -2.56. The summed E-state index contributed by atoms with van der Waals surface area (Å²) in [5, 5.41) is 16.5. The lowest BCUT2D eigenvalue weighted by Gasteiger charge is -2.11. The Balaban J connectivity index is 2.09. The van der Waals surface area contributed by atoms with Gasteiger partial charge in [-0.3, -0.25) is 0 Å². The minimum Gasteiger partial charge on any atom is -0.391 e. The third-order valence-corrected chi connectivity index (χ3v) is 3.04. The Hall–Kier alpha value is -0.820. The number of nitrogens with zero attached hydrogens (tertiary/aromatic N) is 3. The lowest BCUT2D eigenvalue weighted by atomic mass is 10.3. The van der Waals surface area contributed by atoms with Gasteiger partial charge in [0, 0.05) is 13.1 Å². The average molecular weight is 221 g/mol. The van der Waals surface area contributed by atoms with Gasteiger partial charge in [0.05, 0.1) is 6.10 Å². The smallest absolute Gasteiger partial charge is 0.291 e. The molecule has 1 aliphatic rings. The molecule has 0 bridgehead atoms. The van der Waals surface area contributed by atoms with E-state index < -0.39 is 6.43 Å². The van der Waals surface area contributed by atoms with Crippen LogP contribution >= 0.6 is 11.3 Å². The number of aliphatic hydroxyl groups excluding tert-OH is 1. The number of anilines is 1. The molecule has 0 saturated carbocycles. The van der Waals surface area contributed by atoms with Gasteiger partial charge in [0.2, 0.25) is 5.13 Å². The monoisotopic (exact) mass is 221 g/mol. The van der Waals surface area contributed by atoms with Gasteiger partial charge >= 0.3 is 0 Å². The van der Waals surface area contributed by atoms with E-state index in [2.05, 4.69) is 10.2 Å². The van der Waals surface area contributed by atoms with Gasteiger partial charge in [-0.05, 0) is 6.42 Å². The van der Waals surface area contributed by atoms with Crippen molar-refractivity contribution in [3.63, 3.8) is 0 Å². The van der Waals surface area contributed by atoms with E-state index in [-0.39, 0.29) is 11.1 Å². The predicted molar refractivity (Wildman–Crippen MR) is 47.7 cm³/mol. The summed E-state index contributed by atoms with van der Waals surface area (Å²) in [4.78, 5) is 1.77. The van der Waals surface area contributed by atoms with Crippen LogP contribution in [0, 0.1) is 0 Å². The maximum absolute atomic E-state index is 12.2. The molecule has 1 atom stereocenters. The summed E-state index contributed by atoms with van der Waals surface area (Å²) in [7, 11) is 0. The predicted octanol–water partition coefficient (Wildman–Crippen LogP) is 1.05. The average Bonchev–Trinajstić information content (AvgIpc) is 2.70. The largest absolute Gasteiger partial charge is 0.391 e. The topological polar surface area (TPSA) is 49.2 Å². The summed E-state index contributed by atoms with van der Waals surface area (Å²) in [6, 6.07) is 0. The van der Waals surface area contributed by atoms with E-state index in [4.69, 9.17) is 0 Å². The summed E-state index contributed by atoms with van der Waals surface area (Å²) in [6.45, 7) is 1.11. The van der Waals surface area contributed by atoms with Crippen LogP contribution in [0.3, 0.4) is 0 Å². The molecule has 1 fully saturated rings. The molecule has 1 aromatic rings. The number of aliphatic hydroxyl groups is 1. The number of hydrogen-bond donors (Lipinski definition) is 1. The molecule has 1 saturated heterocycles. The van der Waals surface area contributed by atoms with Crippen LogP contribution in [-0.4, -0.2) is 34.5 Å². The fraction of sp³-hybridized carbons (Fsp3) is 0.714. The van der Waals surface area contributed by atoms with Gasteiger partial charge < -0.3 is 10.0 Å². The summed E-state index contributed by atoms with van der Waals surface area (Å²) in [5.41, 5.74) is 0. The van der Waals surface area contributed by atoms with Crippen molar-refractivity contribution in [1.29, 1.82) is 0 Å². The quantitative estimate of drug-likeness (QED) is 0.810. The normalized spacial score (nSPS) is 22.3. The third kappa shape index (κ3) is 1.83. The van der Waals surface area contributed by atoms with Crippen molar-refractivity contribution in [3.8, 4) is 0 Å². The van der Waals surface area contributed by atoms with Gasteiger partial charge in [0.15, 0.2) is 5.01 Å². The summed E-state index contributed by atoms with van der Waals surface area (Å²) < 4.78 is 24.4. The summed E-state index contributed by atoms with van der Waals surface area (Å²) in [5.74, 6) is 0. The van der Waals surface area contributed by atoms with Crippen LogP contribution in [0.15, 0.2) is 0 Å². The Bertz CT molecular complexity index is 320. The molecule has 2 rings (SSSR count). The van der Waals surface area contributed by atoms with Crippen molar-refractivity contribution >= 4 is 16.5 Å². The second-order valence-electron chi connectivity index (χ2n) is 3.11. The molecule has 0 spiro atoms. The van der Waals surface area contributed by atoms with Gasteiger partial charge in [-0.25, -0.2) is 8.78 Å². The van der Waals surface area contributed by atoms with E-state index in [9.17, 15) is 13.9 Å². The molecule has 4 nitrogen and oxygen atoms in total. The number of halogens is 2. The van der Waals surface area contributed by atoms with Crippen LogP contribution in [0.25, 0.3) is 0 Å². The number of aromatic nitrogens is 2. The molecule has 0 unspecified atom stereocenters. The minimum absolute atomic E-state index is 0.263. The fourth-order valence-corrected chi connectivity index (χ4v) is 2.09. The van der Waals surface area contributed by atoms with Crippen molar-refractivity contribution in [2.24, 2.45) is 0 Å². The molecule has 0 aromatic carbocycles. The molecule has 0 aliphatic carbocycles. The fourth-order valence-electron chi connectivity index (χ4n) is 1.36. The first-order chi connectivity index (χ1) is 6.66. The van der Waals surface area contributed by atoms with E-state index in [0.717, 1.165) is 11.3 Å². The molecular weight excluding hydrogens is 212 g/mol. The zero-order valence-corrected chi connectivity index (χ0v) is 8.05. The van der Waals surface area contributed by atoms with Crippen molar-refractivity contribution < 1.29 is 13.9 Å². The number of rotatable bonds is 2. The highest BCUT2D eigenvalue weighted by Gasteiger charge is 2.24. The Morgan fingerprint density at radius 2 is 2.29 bits per heavy atom. The highest BCUT2D eigenvalue weighted by Crippen LogP contribution is 2.29. The highest BCUT2D eigenvalue weighted by atomic mass is 32.1. The molecule has 1 N–H and O–H groups in total. The maximum Gasteiger partial charge on any atom is 0.291 e. The second kappa shape index (κ2) is 3.74. The van der Waals surface area contributed by atoms with E-state index in [1.165, 1.54) is 0 Å². The van der Waals surface area contributed by atoms with Crippen LogP contribution in [0.2, 0.25) is 0 Å². The Labute approximate surface area is 83.2 Å². The molecule has 14 heavy (non-hydrogen) atoms. The van der Waals surface area contributed by atoms with Crippen LogP contribution in [-0.2, 0) is 0 Å².